The smallest absolute Gasteiger partial charge is 0.262 e. The molecular weight excluding hydrogens is 450 g/mol. The van der Waals surface area contributed by atoms with E-state index in [2.05, 4.69) is 38.1 Å². The Morgan fingerprint density at radius 2 is 1.88 bits per heavy atom. The summed E-state index contributed by atoms with van der Waals surface area (Å²) in [5.41, 5.74) is 3.51. The first kappa shape index (κ1) is 22.0. The van der Waals surface area contributed by atoms with Gasteiger partial charge in [0.05, 0.1) is 15.8 Å². The molecule has 170 valence electrons. The molecule has 5 rings (SSSR count). The topological polar surface area (TPSA) is 46.7 Å². The van der Waals surface area contributed by atoms with E-state index in [1.807, 2.05) is 33.6 Å². The van der Waals surface area contributed by atoms with E-state index in [1.165, 1.54) is 16.9 Å². The SMILES string of the molecule is CCC1CCCCN1C(=O)Cn1c(=O)c2ccccc2n2c(=S)sc(-c3ccc(C)cc3)c12. The van der Waals surface area contributed by atoms with E-state index < -0.39 is 0 Å². The maximum atomic E-state index is 13.7. The van der Waals surface area contributed by atoms with E-state index in [0.29, 0.717) is 15.0 Å². The summed E-state index contributed by atoms with van der Waals surface area (Å²) in [4.78, 5) is 30.1. The van der Waals surface area contributed by atoms with Gasteiger partial charge in [-0.3, -0.25) is 18.6 Å². The molecule has 0 aliphatic carbocycles. The molecule has 0 saturated carbocycles. The molecule has 1 aliphatic heterocycles. The molecule has 1 unspecified atom stereocenters. The monoisotopic (exact) mass is 477 g/mol. The van der Waals surface area contributed by atoms with E-state index in [4.69, 9.17) is 12.2 Å². The van der Waals surface area contributed by atoms with Crippen LogP contribution < -0.4 is 5.56 Å². The third-order valence-electron chi connectivity index (χ3n) is 6.69. The van der Waals surface area contributed by atoms with Crippen LogP contribution in [0, 0.1) is 10.9 Å². The number of benzene rings is 2. The van der Waals surface area contributed by atoms with Gasteiger partial charge < -0.3 is 4.90 Å². The Balaban J connectivity index is 1.75. The fourth-order valence-electron chi connectivity index (χ4n) is 4.93. The number of amides is 1. The lowest BCUT2D eigenvalue weighted by Crippen LogP contribution is -2.46. The Hall–Kier alpha value is -2.77. The largest absolute Gasteiger partial charge is 0.338 e. The number of carbonyl (C=O) groups is 1. The number of hydrogen-bond acceptors (Lipinski definition) is 4. The molecule has 1 amide bonds. The summed E-state index contributed by atoms with van der Waals surface area (Å²) < 4.78 is 4.28. The van der Waals surface area contributed by atoms with Crippen molar-refractivity contribution in [1.82, 2.24) is 13.9 Å². The number of nitrogens with zero attached hydrogens (tertiary/aromatic N) is 3. The number of para-hydroxylation sites is 1. The maximum absolute atomic E-state index is 13.7. The van der Waals surface area contributed by atoms with Crippen LogP contribution in [-0.4, -0.2) is 32.4 Å². The summed E-state index contributed by atoms with van der Waals surface area (Å²) in [5, 5.41) is 0.577. The minimum absolute atomic E-state index is 0.00723. The molecule has 1 aliphatic rings. The third kappa shape index (κ3) is 3.83. The predicted molar refractivity (Wildman–Crippen MR) is 138 cm³/mol. The summed E-state index contributed by atoms with van der Waals surface area (Å²) in [6.45, 7) is 4.96. The molecule has 0 spiro atoms. The zero-order valence-corrected chi connectivity index (χ0v) is 20.5. The zero-order valence-electron chi connectivity index (χ0n) is 18.9. The van der Waals surface area contributed by atoms with E-state index in [9.17, 15) is 9.59 Å². The van der Waals surface area contributed by atoms with Gasteiger partial charge in [0, 0.05) is 12.6 Å². The molecule has 0 bridgehead atoms. The van der Waals surface area contributed by atoms with Crippen molar-refractivity contribution in [1.29, 1.82) is 0 Å². The minimum Gasteiger partial charge on any atom is -0.338 e. The number of rotatable bonds is 4. The lowest BCUT2D eigenvalue weighted by atomic mass is 10.00. The van der Waals surface area contributed by atoms with Gasteiger partial charge in [0.15, 0.2) is 3.95 Å². The predicted octanol–water partition coefficient (Wildman–Crippen LogP) is 5.81. The summed E-state index contributed by atoms with van der Waals surface area (Å²) in [5.74, 6) is 0.00723. The van der Waals surface area contributed by atoms with Gasteiger partial charge in [0.2, 0.25) is 5.91 Å². The average molecular weight is 478 g/mol. The van der Waals surface area contributed by atoms with E-state index in [0.717, 1.165) is 48.2 Å². The number of carbonyl (C=O) groups excluding carboxylic acids is 1. The zero-order chi connectivity index (χ0) is 23.1. The van der Waals surface area contributed by atoms with Gasteiger partial charge in [-0.1, -0.05) is 48.9 Å². The van der Waals surface area contributed by atoms with Crippen molar-refractivity contribution in [3.8, 4) is 10.4 Å². The molecule has 3 heterocycles. The van der Waals surface area contributed by atoms with Crippen molar-refractivity contribution in [2.24, 2.45) is 0 Å². The quantitative estimate of drug-likeness (QED) is 0.348. The normalized spacial score (nSPS) is 16.5. The molecule has 0 N–H and O–H groups in total. The Morgan fingerprint density at radius 1 is 1.12 bits per heavy atom. The molecule has 4 aromatic rings. The van der Waals surface area contributed by atoms with Crippen LogP contribution in [0.2, 0.25) is 0 Å². The van der Waals surface area contributed by atoms with Crippen LogP contribution in [0.5, 0.6) is 0 Å². The first-order chi connectivity index (χ1) is 16.0. The number of thiazole rings is 1. The second-order valence-corrected chi connectivity index (χ2v) is 10.4. The van der Waals surface area contributed by atoms with Gasteiger partial charge >= 0.3 is 0 Å². The third-order valence-corrected chi connectivity index (χ3v) is 8.10. The van der Waals surface area contributed by atoms with E-state index in [-0.39, 0.29) is 24.1 Å². The molecule has 1 fully saturated rings. The Morgan fingerprint density at radius 3 is 2.64 bits per heavy atom. The summed E-state index contributed by atoms with van der Waals surface area (Å²) in [6, 6.07) is 16.0. The molecule has 1 atom stereocenters. The van der Waals surface area contributed by atoms with Crippen molar-refractivity contribution >= 4 is 46.0 Å². The highest BCUT2D eigenvalue weighted by atomic mass is 32.1. The second kappa shape index (κ2) is 8.88. The Bertz CT molecular complexity index is 1460. The molecule has 5 nitrogen and oxygen atoms in total. The van der Waals surface area contributed by atoms with Crippen molar-refractivity contribution in [2.75, 3.05) is 6.54 Å². The van der Waals surface area contributed by atoms with Gasteiger partial charge in [0.1, 0.15) is 12.2 Å². The Kier molecular flexibility index (Phi) is 5.93. The molecule has 7 heteroatoms. The Labute approximate surface area is 201 Å². The summed E-state index contributed by atoms with van der Waals surface area (Å²) in [7, 11) is 0. The highest BCUT2D eigenvalue weighted by molar-refractivity contribution is 7.73. The second-order valence-electron chi connectivity index (χ2n) is 8.78. The van der Waals surface area contributed by atoms with Crippen molar-refractivity contribution in [3.05, 3.63) is 68.4 Å². The van der Waals surface area contributed by atoms with Crippen LogP contribution in [0.15, 0.2) is 53.3 Å². The average Bonchev–Trinajstić information content (AvgIpc) is 3.19. The lowest BCUT2D eigenvalue weighted by molar-refractivity contribution is -0.135. The van der Waals surface area contributed by atoms with Gasteiger partial charge in [-0.25, -0.2) is 0 Å². The summed E-state index contributed by atoms with van der Waals surface area (Å²) in [6.07, 6.45) is 4.14. The molecule has 0 radical (unpaired) electrons. The molecular formula is C26H27N3O2S2. The highest BCUT2D eigenvalue weighted by Gasteiger charge is 2.27. The highest BCUT2D eigenvalue weighted by Crippen LogP contribution is 2.33. The van der Waals surface area contributed by atoms with Crippen molar-refractivity contribution < 1.29 is 4.79 Å². The van der Waals surface area contributed by atoms with Crippen LogP contribution in [0.1, 0.15) is 38.2 Å². The van der Waals surface area contributed by atoms with Crippen molar-refractivity contribution in [2.45, 2.75) is 52.1 Å². The molecule has 2 aromatic carbocycles. The minimum atomic E-state index is -0.148. The van der Waals surface area contributed by atoms with Crippen LogP contribution in [0.3, 0.4) is 0 Å². The molecule has 33 heavy (non-hydrogen) atoms. The van der Waals surface area contributed by atoms with Gasteiger partial charge in [-0.2, -0.15) is 0 Å². The van der Waals surface area contributed by atoms with Gasteiger partial charge in [-0.15, -0.1) is 11.3 Å². The molecule has 2 aromatic heterocycles. The van der Waals surface area contributed by atoms with Gasteiger partial charge in [0.25, 0.3) is 5.56 Å². The van der Waals surface area contributed by atoms with Crippen LogP contribution in [0.25, 0.3) is 27.0 Å². The molecule has 1 saturated heterocycles. The van der Waals surface area contributed by atoms with Crippen LogP contribution in [0.4, 0.5) is 0 Å². The number of aryl methyl sites for hydroxylation is 1. The fourth-order valence-corrected chi connectivity index (χ4v) is 6.36. The van der Waals surface area contributed by atoms with Crippen LogP contribution >= 0.6 is 23.6 Å². The maximum Gasteiger partial charge on any atom is 0.262 e. The first-order valence-electron chi connectivity index (χ1n) is 11.5. The number of aromatic nitrogens is 2. The van der Waals surface area contributed by atoms with E-state index >= 15 is 0 Å². The standard InChI is InChI=1S/C26H27N3O2S2/c1-3-19-8-6-7-15-27(19)22(30)16-28-24-23(18-13-11-17(2)12-14-18)33-26(32)29(24)21-10-5-4-9-20(21)25(28)31/h4-5,9-14,19H,3,6-8,15-16H2,1-2H3. The fraction of sp³-hybridized carbons (Fsp3) is 0.346. The van der Waals surface area contributed by atoms with Gasteiger partial charge in [-0.05, 0) is 62.5 Å². The number of fused-ring (bicyclic) bond motifs is 3. The first-order valence-corrected chi connectivity index (χ1v) is 12.8. The number of likely N-dealkylation sites (tertiary alicyclic amines) is 1. The lowest BCUT2D eigenvalue weighted by Gasteiger charge is -2.35. The van der Waals surface area contributed by atoms with Crippen LogP contribution in [-0.2, 0) is 11.3 Å². The summed E-state index contributed by atoms with van der Waals surface area (Å²) >= 11 is 7.26. The number of piperidine rings is 1. The van der Waals surface area contributed by atoms with Crippen molar-refractivity contribution in [3.63, 3.8) is 0 Å². The number of hydrogen-bond donors (Lipinski definition) is 0. The van der Waals surface area contributed by atoms with E-state index in [1.54, 1.807) is 4.57 Å².